The Labute approximate surface area is 488 Å². The molecule has 0 atom stereocenters. The Morgan fingerprint density at radius 2 is 0.753 bits per heavy atom. The van der Waals surface area contributed by atoms with Gasteiger partial charge in [0.15, 0.2) is 46.0 Å². The van der Waals surface area contributed by atoms with Crippen LogP contribution in [0.15, 0.2) is 192 Å². The molecule has 85 heavy (non-hydrogen) atoms. The lowest BCUT2D eigenvalue weighted by Crippen LogP contribution is -2.26. The molecule has 4 aromatic carbocycles. The highest BCUT2D eigenvalue weighted by atomic mass is 16.6. The summed E-state index contributed by atoms with van der Waals surface area (Å²) in [6, 6.07) is 37.3. The molecule has 21 heteroatoms. The largest absolute Gasteiger partial charge is 0.504 e. The number of aromatic hydroxyl groups is 4. The number of phenolic OH excluding ortho intramolecular Hbond substituents is 4. The first-order valence-electron chi connectivity index (χ1n) is 27.1. The van der Waals surface area contributed by atoms with Crippen LogP contribution in [0.2, 0.25) is 0 Å². The van der Waals surface area contributed by atoms with Crippen molar-refractivity contribution in [2.24, 2.45) is 4.99 Å². The molecule has 9 rings (SSSR count). The van der Waals surface area contributed by atoms with Gasteiger partial charge in [0, 0.05) is 12.8 Å². The number of carbonyl (C=O) groups is 4. The summed E-state index contributed by atoms with van der Waals surface area (Å²) in [6.45, 7) is 0.521. The smallest absolute Gasteiger partial charge is 0.413 e. The fourth-order valence-electron chi connectivity index (χ4n) is 8.15. The van der Waals surface area contributed by atoms with Gasteiger partial charge in [0.1, 0.15) is 35.3 Å². The predicted octanol–water partition coefficient (Wildman–Crippen LogP) is 12.5. The first kappa shape index (κ1) is 61.9. The summed E-state index contributed by atoms with van der Waals surface area (Å²) in [7, 11) is 0. The van der Waals surface area contributed by atoms with E-state index in [-0.39, 0.29) is 78.5 Å². The number of unbranched alkanes of at least 4 members (excludes halogenated alkanes) is 2. The van der Waals surface area contributed by atoms with Crippen molar-refractivity contribution >= 4 is 30.2 Å². The molecule has 0 saturated heterocycles. The molecule has 0 saturated carbocycles. The summed E-state index contributed by atoms with van der Waals surface area (Å²) in [5, 5.41) is 42.5. The highest BCUT2D eigenvalue weighted by Gasteiger charge is 2.19. The van der Waals surface area contributed by atoms with Gasteiger partial charge in [0.25, 0.3) is 0 Å². The molecule has 0 radical (unpaired) electrons. The van der Waals surface area contributed by atoms with Gasteiger partial charge in [-0.2, -0.15) is 4.99 Å². The number of ether oxygens (including phenoxy) is 4. The van der Waals surface area contributed by atoms with Gasteiger partial charge in [-0.05, 0) is 183 Å². The van der Waals surface area contributed by atoms with Gasteiger partial charge < -0.3 is 72.1 Å². The highest BCUT2D eigenvalue weighted by molar-refractivity contribution is 5.77. The van der Waals surface area contributed by atoms with Gasteiger partial charge in [-0.1, -0.05) is 24.3 Å². The van der Waals surface area contributed by atoms with E-state index in [2.05, 4.69) is 15.6 Å². The van der Waals surface area contributed by atoms with Crippen LogP contribution in [0.4, 0.5) is 9.59 Å². The van der Waals surface area contributed by atoms with Crippen molar-refractivity contribution in [2.75, 3.05) is 0 Å². The van der Waals surface area contributed by atoms with Crippen molar-refractivity contribution in [3.63, 3.8) is 0 Å². The molecule has 0 unspecified atom stereocenters. The Bertz CT molecular complexity index is 3300. The first-order valence-corrected chi connectivity index (χ1v) is 27.1. The number of nitrogens with zero attached hydrogens (tertiary/aromatic N) is 1. The molecular formula is C64H63N3O18. The minimum Gasteiger partial charge on any atom is -0.504 e. The van der Waals surface area contributed by atoms with Crippen LogP contribution in [-0.2, 0) is 72.5 Å². The number of esters is 2. The van der Waals surface area contributed by atoms with E-state index in [9.17, 15) is 44.4 Å². The van der Waals surface area contributed by atoms with Gasteiger partial charge >= 0.3 is 24.1 Å². The maximum Gasteiger partial charge on any atom is 0.413 e. The van der Waals surface area contributed by atoms with Gasteiger partial charge in [0.05, 0.1) is 57.2 Å². The Hall–Kier alpha value is -10.7. The Morgan fingerprint density at radius 3 is 1.15 bits per heavy atom. The van der Waals surface area contributed by atoms with Crippen LogP contribution >= 0.6 is 0 Å². The fourth-order valence-corrected chi connectivity index (χ4v) is 8.15. The van der Waals surface area contributed by atoms with Crippen LogP contribution in [0.5, 0.6) is 46.0 Å². The predicted molar refractivity (Wildman–Crippen MR) is 305 cm³/mol. The van der Waals surface area contributed by atoms with E-state index in [1.54, 1.807) is 115 Å². The average Bonchev–Trinajstić information content (AvgIpc) is 4.58. The van der Waals surface area contributed by atoms with Crippen molar-refractivity contribution in [3.05, 3.63) is 216 Å². The number of hydrogen-bond acceptors (Lipinski definition) is 19. The molecule has 442 valence electrons. The third-order valence-electron chi connectivity index (χ3n) is 12.5. The van der Waals surface area contributed by atoms with Crippen LogP contribution in [0.1, 0.15) is 89.6 Å². The zero-order valence-corrected chi connectivity index (χ0v) is 46.1. The van der Waals surface area contributed by atoms with Crippen LogP contribution < -0.4 is 29.6 Å². The lowest BCUT2D eigenvalue weighted by Gasteiger charge is -2.13. The minimum absolute atomic E-state index is 0.0577. The second-order valence-electron chi connectivity index (χ2n) is 18.9. The van der Waals surface area contributed by atoms with Gasteiger partial charge in [-0.3, -0.25) is 9.59 Å². The quantitative estimate of drug-likeness (QED) is 0.00733. The van der Waals surface area contributed by atoms with E-state index < -0.39 is 24.1 Å². The summed E-state index contributed by atoms with van der Waals surface area (Å²) in [6.07, 6.45) is 14.6. The molecular weight excluding hydrogens is 1100 g/mol. The Balaban J connectivity index is 0.000000289. The molecule has 0 aliphatic carbocycles. The number of rotatable bonds is 26. The lowest BCUT2D eigenvalue weighted by molar-refractivity contribution is -0.135. The topological polar surface area (TPSA) is 305 Å². The van der Waals surface area contributed by atoms with Crippen molar-refractivity contribution in [1.29, 1.82) is 0 Å². The number of nitrogens with one attached hydrogen (secondary N) is 2. The molecule has 0 spiro atoms. The molecule has 0 aliphatic heterocycles. The monoisotopic (exact) mass is 1160 g/mol. The summed E-state index contributed by atoms with van der Waals surface area (Å²) in [5.74, 6) is 2.05. The van der Waals surface area contributed by atoms with E-state index in [0.29, 0.717) is 54.5 Å². The van der Waals surface area contributed by atoms with E-state index in [1.165, 1.54) is 49.5 Å². The van der Waals surface area contributed by atoms with Crippen molar-refractivity contribution in [1.82, 2.24) is 10.6 Å². The number of amides is 2. The third-order valence-corrected chi connectivity index (χ3v) is 12.5. The van der Waals surface area contributed by atoms with E-state index in [4.69, 9.17) is 41.0 Å². The number of phenols is 4. The van der Waals surface area contributed by atoms with E-state index >= 15 is 0 Å². The maximum atomic E-state index is 12.8. The zero-order valence-electron chi connectivity index (χ0n) is 46.1. The standard InChI is InChI=1S/C42H40N2O12.C16H18O4.C6H5NO2/c45-39(19-15-31-9-3-21-49-31)53-35-17-13-30(26-38(35)56-42(48)44-28-34-12-6-24-52-34)8-2-1-7-29-14-18-36(55-41(47)43-27-33-11-5-23-51-33)37(25-29)54-40(46)20-16-32-10-4-22-50-32;17-13-7-5-11(9-15(13)19)3-1-2-4-12-6-8-14(18)16(20)10-12;8-5-7-4-6-2-1-3-9-6/h3-6,9-14,17-18,21-26H,1-2,7-8,15-16,19-20,27-28H2,(H,43,47)(H,44,48);5-10,17-20H,1-4H2;1-3H,4H2. The normalized spacial score (nSPS) is 10.5. The number of carbonyl (C=O) groups excluding carboxylic acids is 5. The molecule has 5 aromatic heterocycles. The first-order chi connectivity index (χ1) is 41.3. The maximum absolute atomic E-state index is 12.8. The number of hydrogen-bond donors (Lipinski definition) is 6. The van der Waals surface area contributed by atoms with Crippen LogP contribution in [0, 0.1) is 0 Å². The van der Waals surface area contributed by atoms with Gasteiger partial charge in [-0.15, -0.1) is 0 Å². The second kappa shape index (κ2) is 33.3. The third kappa shape index (κ3) is 22.0. The molecule has 0 aliphatic rings. The number of isocyanates is 1. The second-order valence-corrected chi connectivity index (χ2v) is 18.9. The number of aryl methyl sites for hydroxylation is 6. The summed E-state index contributed by atoms with van der Waals surface area (Å²) in [4.78, 5) is 63.6. The molecule has 0 fully saturated rings. The van der Waals surface area contributed by atoms with Crippen molar-refractivity contribution in [2.45, 2.75) is 96.7 Å². The number of furan rings is 5. The number of aliphatic imine (C=N–C) groups is 1. The van der Waals surface area contributed by atoms with Crippen molar-refractivity contribution in [3.8, 4) is 46.0 Å². The minimum atomic E-state index is -0.744. The number of benzene rings is 4. The molecule has 0 bridgehead atoms. The molecule has 2 amide bonds. The average molecular weight is 1160 g/mol. The molecule has 21 nitrogen and oxygen atoms in total. The lowest BCUT2D eigenvalue weighted by atomic mass is 10.0. The summed E-state index contributed by atoms with van der Waals surface area (Å²) >= 11 is 0. The van der Waals surface area contributed by atoms with E-state index in [1.807, 2.05) is 6.07 Å². The van der Waals surface area contributed by atoms with E-state index in [0.717, 1.165) is 60.8 Å². The fraction of sp³-hybridized carbons (Fsp3) is 0.234. The summed E-state index contributed by atoms with van der Waals surface area (Å²) in [5.41, 5.74) is 3.67. The molecule has 6 N–H and O–H groups in total. The van der Waals surface area contributed by atoms with Gasteiger partial charge in [-0.25, -0.2) is 14.4 Å². The van der Waals surface area contributed by atoms with Crippen LogP contribution in [0.3, 0.4) is 0 Å². The Kier molecular flexibility index (Phi) is 24.3. The zero-order chi connectivity index (χ0) is 60.0. The van der Waals surface area contributed by atoms with Crippen molar-refractivity contribution < 1.29 is 85.4 Å². The Morgan fingerprint density at radius 1 is 0.400 bits per heavy atom. The highest BCUT2D eigenvalue weighted by Crippen LogP contribution is 2.33. The van der Waals surface area contributed by atoms with Gasteiger partial charge in [0.2, 0.25) is 6.08 Å². The van der Waals surface area contributed by atoms with Crippen LogP contribution in [-0.4, -0.2) is 50.6 Å². The molecule has 9 aromatic rings. The summed E-state index contributed by atoms with van der Waals surface area (Å²) < 4.78 is 48.3. The van der Waals surface area contributed by atoms with Crippen LogP contribution in [0.25, 0.3) is 0 Å². The molecule has 5 heterocycles. The SMILES string of the molecule is O=C(CCc1ccco1)Oc1cc(CCCCc2ccc(OC(=O)CCc3ccco3)c(OC(=O)NCc3ccco3)c2)ccc1OC(=O)NCc1ccco1.O=C=NCc1ccco1.Oc1ccc(CCCCc2ccc(O)c(O)c2)cc1O.